The van der Waals surface area contributed by atoms with E-state index < -0.39 is 4.92 Å². The van der Waals surface area contributed by atoms with Gasteiger partial charge >= 0.3 is 0 Å². The van der Waals surface area contributed by atoms with Crippen LogP contribution in [0.2, 0.25) is 0 Å². The first kappa shape index (κ1) is 21.4. The number of nitrogens with zero attached hydrogens (tertiary/aromatic N) is 7. The van der Waals surface area contributed by atoms with Crippen LogP contribution in [0.3, 0.4) is 0 Å². The van der Waals surface area contributed by atoms with E-state index in [2.05, 4.69) is 10.1 Å². The van der Waals surface area contributed by atoms with Gasteiger partial charge in [0.25, 0.3) is 5.69 Å². The largest absolute Gasteiger partial charge is 0.347 e. The molecule has 0 radical (unpaired) electrons. The van der Waals surface area contributed by atoms with Crippen LogP contribution in [0.1, 0.15) is 24.5 Å². The van der Waals surface area contributed by atoms with E-state index in [1.165, 1.54) is 12.1 Å². The summed E-state index contributed by atoms with van der Waals surface area (Å²) in [5.74, 6) is 0.653. The molecule has 0 spiro atoms. The lowest BCUT2D eigenvalue weighted by Gasteiger charge is -2.33. The molecule has 4 rings (SSSR count). The van der Waals surface area contributed by atoms with Crippen LogP contribution >= 0.6 is 0 Å². The van der Waals surface area contributed by atoms with Crippen LogP contribution in [-0.4, -0.2) is 62.7 Å². The summed E-state index contributed by atoms with van der Waals surface area (Å²) in [7, 11) is 3.76. The molecule has 0 saturated carbocycles. The third kappa shape index (κ3) is 4.58. The van der Waals surface area contributed by atoms with E-state index in [0.29, 0.717) is 19.0 Å². The molecule has 2 aromatic heterocycles. The van der Waals surface area contributed by atoms with E-state index >= 15 is 0 Å². The molecule has 1 fully saturated rings. The lowest BCUT2D eigenvalue weighted by atomic mass is 9.90. The predicted octanol–water partition coefficient (Wildman–Crippen LogP) is 2.72. The van der Waals surface area contributed by atoms with Crippen LogP contribution < -0.4 is 4.90 Å². The number of amides is 1. The summed E-state index contributed by atoms with van der Waals surface area (Å²) in [6.07, 6.45) is 6.97. The molecule has 32 heavy (non-hydrogen) atoms. The molecule has 10 nitrogen and oxygen atoms in total. The molecule has 1 atom stereocenters. The smallest absolute Gasteiger partial charge is 0.269 e. The Morgan fingerprint density at radius 2 is 2.06 bits per heavy atom. The number of rotatable bonds is 6. The molecule has 1 saturated heterocycles. The Morgan fingerprint density at radius 3 is 2.72 bits per heavy atom. The van der Waals surface area contributed by atoms with Gasteiger partial charge in [-0.1, -0.05) is 0 Å². The summed E-state index contributed by atoms with van der Waals surface area (Å²) in [5, 5.41) is 15.2. The first-order chi connectivity index (χ1) is 15.4. The van der Waals surface area contributed by atoms with Crippen LogP contribution in [0.4, 0.5) is 11.6 Å². The second kappa shape index (κ2) is 9.13. The number of nitro benzene ring substituents is 1. The Kier molecular flexibility index (Phi) is 6.11. The summed E-state index contributed by atoms with van der Waals surface area (Å²) < 4.78 is 1.63. The third-order valence-corrected chi connectivity index (χ3v) is 5.61. The van der Waals surface area contributed by atoms with Crippen molar-refractivity contribution >= 4 is 17.5 Å². The lowest BCUT2D eigenvalue weighted by Crippen LogP contribution is -2.41. The second-order valence-corrected chi connectivity index (χ2v) is 8.05. The minimum Gasteiger partial charge on any atom is -0.347 e. The second-order valence-electron chi connectivity index (χ2n) is 8.05. The first-order valence-electron chi connectivity index (χ1n) is 10.5. The third-order valence-electron chi connectivity index (χ3n) is 5.61. The molecule has 3 heterocycles. The average Bonchev–Trinajstić information content (AvgIpc) is 3.32. The van der Waals surface area contributed by atoms with E-state index in [9.17, 15) is 14.9 Å². The zero-order valence-electron chi connectivity index (χ0n) is 18.1. The molecule has 0 bridgehead atoms. The van der Waals surface area contributed by atoms with Crippen molar-refractivity contribution < 1.29 is 9.72 Å². The quantitative estimate of drug-likeness (QED) is 0.432. The number of anilines is 1. The van der Waals surface area contributed by atoms with Crippen molar-refractivity contribution in [3.05, 3.63) is 64.7 Å². The molecular formula is C22H25N7O3. The molecule has 1 unspecified atom stereocenters. The van der Waals surface area contributed by atoms with E-state index in [0.717, 1.165) is 29.7 Å². The van der Waals surface area contributed by atoms with Gasteiger partial charge in [-0.05, 0) is 36.6 Å². The molecule has 1 aliphatic rings. The van der Waals surface area contributed by atoms with Crippen LogP contribution in [0.15, 0.2) is 48.9 Å². The number of carbonyl (C=O) groups excluding carboxylic acids is 1. The van der Waals surface area contributed by atoms with E-state index in [1.54, 1.807) is 41.5 Å². The fourth-order valence-electron chi connectivity index (χ4n) is 3.96. The van der Waals surface area contributed by atoms with Crippen molar-refractivity contribution in [1.29, 1.82) is 0 Å². The Labute approximate surface area is 185 Å². The van der Waals surface area contributed by atoms with Gasteiger partial charge in [0.2, 0.25) is 11.9 Å². The van der Waals surface area contributed by atoms with Gasteiger partial charge in [0.1, 0.15) is 6.54 Å². The fraction of sp³-hybridized carbons (Fsp3) is 0.364. The maximum atomic E-state index is 12.8. The number of non-ortho nitro benzene ring substituents is 1. The van der Waals surface area contributed by atoms with Crippen LogP contribution in [0.5, 0.6) is 0 Å². The zero-order chi connectivity index (χ0) is 22.7. The highest BCUT2D eigenvalue weighted by atomic mass is 16.6. The molecule has 1 aromatic carbocycles. The van der Waals surface area contributed by atoms with Crippen LogP contribution in [-0.2, 0) is 11.3 Å². The molecular weight excluding hydrogens is 410 g/mol. The number of nitro groups is 1. The summed E-state index contributed by atoms with van der Waals surface area (Å²) in [4.78, 5) is 36.4. The number of hydrogen-bond acceptors (Lipinski definition) is 7. The van der Waals surface area contributed by atoms with Crippen molar-refractivity contribution in [1.82, 2.24) is 24.6 Å². The molecule has 3 aromatic rings. The Hall–Kier alpha value is -3.82. The first-order valence-corrected chi connectivity index (χ1v) is 10.5. The highest BCUT2D eigenvalue weighted by Crippen LogP contribution is 2.34. The van der Waals surface area contributed by atoms with Gasteiger partial charge < -0.3 is 9.80 Å². The number of piperidine rings is 1. The molecule has 1 aliphatic heterocycles. The molecule has 1 amide bonds. The predicted molar refractivity (Wildman–Crippen MR) is 119 cm³/mol. The minimum atomic E-state index is -0.416. The number of benzene rings is 1. The van der Waals surface area contributed by atoms with Gasteiger partial charge in [-0.15, -0.1) is 0 Å². The molecule has 10 heteroatoms. The van der Waals surface area contributed by atoms with Gasteiger partial charge in [-0.25, -0.2) is 9.97 Å². The maximum absolute atomic E-state index is 12.8. The average molecular weight is 435 g/mol. The van der Waals surface area contributed by atoms with Crippen molar-refractivity contribution in [3.63, 3.8) is 0 Å². The van der Waals surface area contributed by atoms with Crippen molar-refractivity contribution in [2.24, 2.45) is 0 Å². The van der Waals surface area contributed by atoms with Gasteiger partial charge in [0.15, 0.2) is 0 Å². The number of likely N-dealkylation sites (tertiary alicyclic amines) is 1. The van der Waals surface area contributed by atoms with Crippen molar-refractivity contribution in [2.75, 3.05) is 32.1 Å². The van der Waals surface area contributed by atoms with Crippen molar-refractivity contribution in [2.45, 2.75) is 25.3 Å². The van der Waals surface area contributed by atoms with Gasteiger partial charge in [0.05, 0.1) is 10.6 Å². The normalized spacial score (nSPS) is 16.1. The number of carbonyl (C=O) groups is 1. The monoisotopic (exact) mass is 435 g/mol. The standard InChI is InChI=1S/C22H25N7O3/c1-26(2)22-23-13-19(16-6-8-18(9-7-16)29(31)32)21(25-22)17-5-3-11-27(14-17)20(30)15-28-12-4-10-24-28/h4,6-10,12-13,17H,3,5,11,14-15H2,1-2H3. The molecule has 0 aliphatic carbocycles. The fourth-order valence-corrected chi connectivity index (χ4v) is 3.96. The van der Waals surface area contributed by atoms with E-state index in [-0.39, 0.29) is 24.1 Å². The Bertz CT molecular complexity index is 1100. The van der Waals surface area contributed by atoms with Crippen LogP contribution in [0, 0.1) is 10.1 Å². The zero-order valence-corrected chi connectivity index (χ0v) is 18.1. The number of aromatic nitrogens is 4. The molecule has 166 valence electrons. The SMILES string of the molecule is CN(C)c1ncc(-c2ccc([N+](=O)[O-])cc2)c(C2CCCN(C(=O)Cn3cccn3)C2)n1. The van der Waals surface area contributed by atoms with E-state index in [1.807, 2.05) is 23.9 Å². The lowest BCUT2D eigenvalue weighted by molar-refractivity contribution is -0.384. The number of hydrogen-bond donors (Lipinski definition) is 0. The maximum Gasteiger partial charge on any atom is 0.269 e. The van der Waals surface area contributed by atoms with E-state index in [4.69, 9.17) is 4.98 Å². The van der Waals surface area contributed by atoms with Gasteiger partial charge in [-0.2, -0.15) is 5.10 Å². The topological polar surface area (TPSA) is 110 Å². The minimum absolute atomic E-state index is 0.0252. The highest BCUT2D eigenvalue weighted by molar-refractivity contribution is 5.76. The molecule has 0 N–H and O–H groups in total. The van der Waals surface area contributed by atoms with Gasteiger partial charge in [-0.3, -0.25) is 19.6 Å². The highest BCUT2D eigenvalue weighted by Gasteiger charge is 2.28. The summed E-state index contributed by atoms with van der Waals surface area (Å²) >= 11 is 0. The Morgan fingerprint density at radius 1 is 1.28 bits per heavy atom. The summed E-state index contributed by atoms with van der Waals surface area (Å²) in [5.41, 5.74) is 2.54. The van der Waals surface area contributed by atoms with Gasteiger partial charge in [0, 0.05) is 69.4 Å². The summed E-state index contributed by atoms with van der Waals surface area (Å²) in [6, 6.07) is 8.21. The van der Waals surface area contributed by atoms with Crippen LogP contribution in [0.25, 0.3) is 11.1 Å². The Balaban J connectivity index is 1.63. The summed E-state index contributed by atoms with van der Waals surface area (Å²) in [6.45, 7) is 1.47. The van der Waals surface area contributed by atoms with Crippen molar-refractivity contribution in [3.8, 4) is 11.1 Å².